The number of anilines is 1. The zero-order valence-corrected chi connectivity index (χ0v) is 12.8. The van der Waals surface area contributed by atoms with Gasteiger partial charge in [0, 0.05) is 18.3 Å². The van der Waals surface area contributed by atoms with Crippen molar-refractivity contribution in [1.82, 2.24) is 9.78 Å². The van der Waals surface area contributed by atoms with Crippen molar-refractivity contribution in [3.63, 3.8) is 0 Å². The molecule has 0 aliphatic carbocycles. The number of rotatable bonds is 6. The lowest BCUT2D eigenvalue weighted by Crippen LogP contribution is -2.25. The molecule has 2 rings (SSSR count). The van der Waals surface area contributed by atoms with Crippen molar-refractivity contribution in [2.24, 2.45) is 0 Å². The van der Waals surface area contributed by atoms with E-state index in [1.807, 2.05) is 11.8 Å². The minimum atomic E-state index is -0.195. The zero-order valence-electron chi connectivity index (χ0n) is 11.2. The van der Waals surface area contributed by atoms with Crippen LogP contribution in [0.1, 0.15) is 32.6 Å². The fourth-order valence-corrected chi connectivity index (χ4v) is 3.50. The number of hydrogen-bond donors (Lipinski definition) is 1. The number of unbranched alkanes of at least 4 members (excludes halogenated alkanes) is 1. The lowest BCUT2D eigenvalue weighted by Gasteiger charge is -2.13. The lowest BCUT2D eigenvalue weighted by molar-refractivity contribution is 0.543. The van der Waals surface area contributed by atoms with Gasteiger partial charge in [0.15, 0.2) is 0 Å². The van der Waals surface area contributed by atoms with E-state index in [2.05, 4.69) is 17.3 Å². The second-order valence-corrected chi connectivity index (χ2v) is 6.56. The Morgan fingerprint density at radius 1 is 1.63 bits per heavy atom. The average molecular weight is 302 g/mol. The maximum Gasteiger partial charge on any atom is 0.287 e. The van der Waals surface area contributed by atoms with Gasteiger partial charge in [-0.05, 0) is 25.0 Å². The smallest absolute Gasteiger partial charge is 0.287 e. The van der Waals surface area contributed by atoms with Gasteiger partial charge < -0.3 is 5.32 Å². The molecule has 0 aromatic carbocycles. The molecule has 1 atom stereocenters. The molecular weight excluding hydrogens is 282 g/mol. The first-order chi connectivity index (χ1) is 9.22. The Morgan fingerprint density at radius 2 is 2.47 bits per heavy atom. The Hall–Kier alpha value is -0.680. The molecule has 1 saturated heterocycles. The van der Waals surface area contributed by atoms with E-state index in [0.717, 1.165) is 19.4 Å². The lowest BCUT2D eigenvalue weighted by atomic mass is 10.2. The van der Waals surface area contributed by atoms with E-state index in [4.69, 9.17) is 11.6 Å². The molecule has 4 nitrogen and oxygen atoms in total. The van der Waals surface area contributed by atoms with Gasteiger partial charge in [-0.3, -0.25) is 4.79 Å². The minimum absolute atomic E-state index is 0.195. The Bertz CT molecular complexity index is 471. The van der Waals surface area contributed by atoms with Gasteiger partial charge in [-0.1, -0.05) is 24.9 Å². The third kappa shape index (κ3) is 3.89. The summed E-state index contributed by atoms with van der Waals surface area (Å²) in [7, 11) is 0. The molecule has 2 heterocycles. The summed E-state index contributed by atoms with van der Waals surface area (Å²) in [6, 6.07) is 0. The highest BCUT2D eigenvalue weighted by Crippen LogP contribution is 2.26. The summed E-state index contributed by atoms with van der Waals surface area (Å²) in [4.78, 5) is 12.0. The van der Waals surface area contributed by atoms with E-state index in [0.29, 0.717) is 17.5 Å². The molecule has 0 bridgehead atoms. The minimum Gasteiger partial charge on any atom is -0.381 e. The van der Waals surface area contributed by atoms with Crippen LogP contribution in [0.4, 0.5) is 5.69 Å². The standard InChI is InChI=1S/C13H20ClN3OS/c1-2-3-6-17-13(18)12(14)11(9-16-17)15-8-10-5-4-7-19-10/h9-10,15H,2-8H2,1H3. The summed E-state index contributed by atoms with van der Waals surface area (Å²) in [5.74, 6) is 1.23. The number of halogens is 1. The van der Waals surface area contributed by atoms with Crippen molar-refractivity contribution < 1.29 is 0 Å². The van der Waals surface area contributed by atoms with Crippen LogP contribution in [0.5, 0.6) is 0 Å². The van der Waals surface area contributed by atoms with Gasteiger partial charge in [0.25, 0.3) is 5.56 Å². The van der Waals surface area contributed by atoms with Gasteiger partial charge >= 0.3 is 0 Å². The van der Waals surface area contributed by atoms with E-state index < -0.39 is 0 Å². The third-order valence-corrected chi connectivity index (χ3v) is 5.02. The molecule has 1 unspecified atom stereocenters. The van der Waals surface area contributed by atoms with Gasteiger partial charge in [0.2, 0.25) is 0 Å². The van der Waals surface area contributed by atoms with Gasteiger partial charge in [-0.15, -0.1) is 0 Å². The monoisotopic (exact) mass is 301 g/mol. The largest absolute Gasteiger partial charge is 0.381 e. The zero-order chi connectivity index (χ0) is 13.7. The molecule has 1 N–H and O–H groups in total. The van der Waals surface area contributed by atoms with Crippen LogP contribution in [0, 0.1) is 0 Å². The predicted octanol–water partition coefficient (Wildman–Crippen LogP) is 3.00. The van der Waals surface area contributed by atoms with Crippen LogP contribution in [-0.2, 0) is 6.54 Å². The Morgan fingerprint density at radius 3 is 3.16 bits per heavy atom. The van der Waals surface area contributed by atoms with Crippen LogP contribution in [-0.4, -0.2) is 27.3 Å². The van der Waals surface area contributed by atoms with Crippen molar-refractivity contribution in [3.8, 4) is 0 Å². The molecule has 0 spiro atoms. The van der Waals surface area contributed by atoms with Gasteiger partial charge in [0.05, 0.1) is 11.9 Å². The van der Waals surface area contributed by atoms with Crippen LogP contribution in [0.15, 0.2) is 11.0 Å². The number of aryl methyl sites for hydroxylation is 1. The summed E-state index contributed by atoms with van der Waals surface area (Å²) in [5, 5.41) is 8.30. The first kappa shape index (κ1) is 14.7. The van der Waals surface area contributed by atoms with Crippen molar-refractivity contribution in [2.75, 3.05) is 17.6 Å². The van der Waals surface area contributed by atoms with E-state index in [1.165, 1.54) is 23.3 Å². The highest BCUT2D eigenvalue weighted by molar-refractivity contribution is 8.00. The SMILES string of the molecule is CCCCn1ncc(NCC2CCCS2)c(Cl)c1=O. The molecule has 1 aromatic heterocycles. The first-order valence-corrected chi connectivity index (χ1v) is 8.26. The molecule has 1 aliphatic heterocycles. The van der Waals surface area contributed by atoms with Crippen LogP contribution in [0.2, 0.25) is 5.02 Å². The Kier molecular flexibility index (Phi) is 5.58. The summed E-state index contributed by atoms with van der Waals surface area (Å²) in [6.45, 7) is 3.57. The second-order valence-electron chi connectivity index (χ2n) is 4.77. The number of thioether (sulfide) groups is 1. The van der Waals surface area contributed by atoms with E-state index in [-0.39, 0.29) is 10.6 Å². The second kappa shape index (κ2) is 7.20. The Balaban J connectivity index is 2.01. The molecule has 0 amide bonds. The van der Waals surface area contributed by atoms with Crippen LogP contribution < -0.4 is 10.9 Å². The van der Waals surface area contributed by atoms with Crippen LogP contribution in [0.25, 0.3) is 0 Å². The van der Waals surface area contributed by atoms with Crippen LogP contribution in [0.3, 0.4) is 0 Å². The Labute approximate surface area is 122 Å². The van der Waals surface area contributed by atoms with E-state index in [1.54, 1.807) is 6.20 Å². The fraction of sp³-hybridized carbons (Fsp3) is 0.692. The van der Waals surface area contributed by atoms with Crippen LogP contribution >= 0.6 is 23.4 Å². The van der Waals surface area contributed by atoms with Gasteiger partial charge in [-0.2, -0.15) is 16.9 Å². The normalized spacial score (nSPS) is 18.7. The summed E-state index contributed by atoms with van der Waals surface area (Å²) in [5.41, 5.74) is 0.464. The molecule has 6 heteroatoms. The highest BCUT2D eigenvalue weighted by atomic mass is 35.5. The topological polar surface area (TPSA) is 46.9 Å². The van der Waals surface area contributed by atoms with Crippen molar-refractivity contribution in [3.05, 3.63) is 21.6 Å². The number of nitrogens with one attached hydrogen (secondary N) is 1. The first-order valence-electron chi connectivity index (χ1n) is 6.83. The predicted molar refractivity (Wildman–Crippen MR) is 82.4 cm³/mol. The molecule has 19 heavy (non-hydrogen) atoms. The maximum absolute atomic E-state index is 12.0. The molecule has 0 saturated carbocycles. The highest BCUT2D eigenvalue weighted by Gasteiger charge is 2.16. The molecular formula is C13H20ClN3OS. The van der Waals surface area contributed by atoms with Gasteiger partial charge in [0.1, 0.15) is 5.02 Å². The fourth-order valence-electron chi connectivity index (χ4n) is 2.08. The number of hydrogen-bond acceptors (Lipinski definition) is 4. The van der Waals surface area contributed by atoms with E-state index in [9.17, 15) is 4.79 Å². The molecule has 106 valence electrons. The number of nitrogens with zero attached hydrogens (tertiary/aromatic N) is 2. The quantitative estimate of drug-likeness (QED) is 0.877. The van der Waals surface area contributed by atoms with Gasteiger partial charge in [-0.25, -0.2) is 4.68 Å². The maximum atomic E-state index is 12.0. The molecule has 1 aromatic rings. The molecule has 1 aliphatic rings. The molecule has 1 fully saturated rings. The van der Waals surface area contributed by atoms with Crippen molar-refractivity contribution in [1.29, 1.82) is 0 Å². The average Bonchev–Trinajstić information content (AvgIpc) is 2.92. The van der Waals surface area contributed by atoms with Crippen molar-refractivity contribution in [2.45, 2.75) is 44.4 Å². The van der Waals surface area contributed by atoms with E-state index >= 15 is 0 Å². The van der Waals surface area contributed by atoms with Crippen molar-refractivity contribution >= 4 is 29.1 Å². The summed E-state index contributed by atoms with van der Waals surface area (Å²) >= 11 is 8.10. The molecule has 0 radical (unpaired) electrons. The summed E-state index contributed by atoms with van der Waals surface area (Å²) in [6.07, 6.45) is 6.15. The summed E-state index contributed by atoms with van der Waals surface area (Å²) < 4.78 is 1.45. The third-order valence-electron chi connectivity index (χ3n) is 3.25. The number of aromatic nitrogens is 2.